The van der Waals surface area contributed by atoms with Crippen LogP contribution in [0.25, 0.3) is 0 Å². The van der Waals surface area contributed by atoms with Gasteiger partial charge in [-0.25, -0.2) is 0 Å². The van der Waals surface area contributed by atoms with Gasteiger partial charge in [0.25, 0.3) is 0 Å². The Morgan fingerprint density at radius 3 is 2.35 bits per heavy atom. The molecule has 2 fully saturated rings. The Labute approximate surface area is 136 Å². The van der Waals surface area contributed by atoms with Gasteiger partial charge in [0.1, 0.15) is 12.1 Å². The summed E-state index contributed by atoms with van der Waals surface area (Å²) in [4.78, 5) is 23.1. The number of benzene rings is 1. The molecule has 2 heterocycles. The van der Waals surface area contributed by atoms with Crippen molar-refractivity contribution in [2.75, 3.05) is 13.1 Å². The van der Waals surface area contributed by atoms with Gasteiger partial charge >= 0.3 is 11.9 Å². The molecular weight excluding hydrogens is 296 g/mol. The van der Waals surface area contributed by atoms with Crippen LogP contribution in [0, 0.1) is 0 Å². The minimum atomic E-state index is -0.720. The first-order valence-corrected chi connectivity index (χ1v) is 8.05. The minimum absolute atomic E-state index is 0.269. The summed E-state index contributed by atoms with van der Waals surface area (Å²) in [6.07, 6.45) is 3.55. The first-order valence-electron chi connectivity index (χ1n) is 8.05. The monoisotopic (exact) mass is 320 g/mol. The maximum atomic E-state index is 11.0. The normalized spacial score (nSPS) is 24.0. The highest BCUT2D eigenvalue weighted by atomic mass is 16.4. The number of likely N-dealkylation sites (tertiary alicyclic amines) is 1. The van der Waals surface area contributed by atoms with Gasteiger partial charge in [-0.3, -0.25) is 14.5 Å². The molecule has 0 aromatic heterocycles. The van der Waals surface area contributed by atoms with E-state index in [1.165, 1.54) is 5.56 Å². The summed E-state index contributed by atoms with van der Waals surface area (Å²) in [5, 5.41) is 20.2. The van der Waals surface area contributed by atoms with Crippen LogP contribution in [0.3, 0.4) is 0 Å². The van der Waals surface area contributed by atoms with Gasteiger partial charge in [0.15, 0.2) is 0 Å². The van der Waals surface area contributed by atoms with Gasteiger partial charge in [-0.15, -0.1) is 0 Å². The summed E-state index contributed by atoms with van der Waals surface area (Å²) in [6.45, 7) is 2.50. The van der Waals surface area contributed by atoms with Crippen molar-refractivity contribution in [3.8, 4) is 0 Å². The van der Waals surface area contributed by atoms with Crippen molar-refractivity contribution in [1.82, 2.24) is 10.2 Å². The van der Waals surface area contributed by atoms with E-state index in [0.29, 0.717) is 0 Å². The quantitative estimate of drug-likeness (QED) is 0.780. The number of nitrogens with one attached hydrogen (secondary N) is 1. The molecule has 0 aliphatic carbocycles. The second-order valence-electron chi connectivity index (χ2n) is 5.94. The molecule has 1 aromatic rings. The van der Waals surface area contributed by atoms with Gasteiger partial charge in [-0.2, -0.15) is 0 Å². The first kappa shape index (κ1) is 17.4. The molecule has 1 aromatic carbocycles. The molecule has 0 unspecified atom stereocenters. The van der Waals surface area contributed by atoms with E-state index in [0.717, 1.165) is 45.3 Å². The molecule has 0 bridgehead atoms. The molecule has 6 nitrogen and oxygen atoms in total. The van der Waals surface area contributed by atoms with E-state index in [2.05, 4.69) is 5.32 Å². The Morgan fingerprint density at radius 2 is 1.83 bits per heavy atom. The standard InChI is InChI=1S/C12H15NO2.C5H9NO2/c14-12(15)11-7-4-8-13(11)9-10-5-2-1-3-6-10;7-5(8)4-2-1-3-6-4/h1-3,5-6,11H,4,7-9H2,(H,14,15);4,6H,1-3H2,(H,7,8)/t11-;4-/m11/s1. The zero-order chi connectivity index (χ0) is 16.7. The van der Waals surface area contributed by atoms with E-state index < -0.39 is 11.9 Å². The molecule has 2 saturated heterocycles. The highest BCUT2D eigenvalue weighted by Crippen LogP contribution is 2.19. The number of carbonyl (C=O) groups is 2. The average Bonchev–Trinajstić information content (AvgIpc) is 3.20. The Morgan fingerprint density at radius 1 is 1.09 bits per heavy atom. The number of aliphatic carboxylic acids is 2. The van der Waals surface area contributed by atoms with Gasteiger partial charge in [0, 0.05) is 6.54 Å². The molecular formula is C17H24N2O4. The first-order chi connectivity index (χ1) is 11.1. The largest absolute Gasteiger partial charge is 0.480 e. The topological polar surface area (TPSA) is 89.9 Å². The molecule has 2 aliphatic heterocycles. The van der Waals surface area contributed by atoms with Crippen LogP contribution in [0.1, 0.15) is 31.2 Å². The smallest absolute Gasteiger partial charge is 0.320 e. The molecule has 0 saturated carbocycles. The molecule has 0 amide bonds. The summed E-state index contributed by atoms with van der Waals surface area (Å²) in [5.41, 5.74) is 1.19. The van der Waals surface area contributed by atoms with Crippen LogP contribution in [-0.2, 0) is 16.1 Å². The third kappa shape index (κ3) is 5.33. The number of carboxylic acids is 2. The van der Waals surface area contributed by atoms with Crippen LogP contribution in [0.4, 0.5) is 0 Å². The average molecular weight is 320 g/mol. The van der Waals surface area contributed by atoms with E-state index >= 15 is 0 Å². The van der Waals surface area contributed by atoms with E-state index in [1.54, 1.807) is 0 Å². The van der Waals surface area contributed by atoms with Crippen LogP contribution in [0.15, 0.2) is 30.3 Å². The fourth-order valence-electron chi connectivity index (χ4n) is 3.01. The van der Waals surface area contributed by atoms with E-state index in [9.17, 15) is 9.59 Å². The number of hydrogen-bond donors (Lipinski definition) is 3. The Bertz CT molecular complexity index is 515. The SMILES string of the molecule is O=C(O)[C@H]1CCCN1.O=C(O)[C@H]1CCCN1Cc1ccccc1. The fourth-order valence-corrected chi connectivity index (χ4v) is 3.01. The van der Waals surface area contributed by atoms with Crippen molar-refractivity contribution in [3.63, 3.8) is 0 Å². The molecule has 3 rings (SSSR count). The maximum absolute atomic E-state index is 11.0. The third-order valence-corrected chi connectivity index (χ3v) is 4.24. The lowest BCUT2D eigenvalue weighted by Gasteiger charge is -2.20. The van der Waals surface area contributed by atoms with Crippen molar-refractivity contribution in [3.05, 3.63) is 35.9 Å². The van der Waals surface area contributed by atoms with E-state index in [1.807, 2.05) is 35.2 Å². The summed E-state index contributed by atoms with van der Waals surface area (Å²) in [7, 11) is 0. The van der Waals surface area contributed by atoms with Crippen LogP contribution < -0.4 is 5.32 Å². The van der Waals surface area contributed by atoms with Crippen LogP contribution in [0.5, 0.6) is 0 Å². The summed E-state index contributed by atoms with van der Waals surface area (Å²) < 4.78 is 0. The van der Waals surface area contributed by atoms with Crippen LogP contribution in [-0.4, -0.2) is 52.2 Å². The number of carboxylic acid groups (broad SMARTS) is 2. The lowest BCUT2D eigenvalue weighted by Crippen LogP contribution is -2.35. The van der Waals surface area contributed by atoms with Crippen molar-refractivity contribution in [1.29, 1.82) is 0 Å². The molecule has 0 radical (unpaired) electrons. The van der Waals surface area contributed by atoms with Gasteiger partial charge in [0.05, 0.1) is 0 Å². The Balaban J connectivity index is 0.000000203. The van der Waals surface area contributed by atoms with Crippen molar-refractivity contribution < 1.29 is 19.8 Å². The molecule has 2 atom stereocenters. The van der Waals surface area contributed by atoms with Crippen molar-refractivity contribution in [2.45, 2.75) is 44.3 Å². The number of rotatable bonds is 4. The zero-order valence-electron chi connectivity index (χ0n) is 13.1. The van der Waals surface area contributed by atoms with E-state index in [-0.39, 0.29) is 12.1 Å². The van der Waals surface area contributed by atoms with E-state index in [4.69, 9.17) is 10.2 Å². The lowest BCUT2D eigenvalue weighted by molar-refractivity contribution is -0.142. The second-order valence-corrected chi connectivity index (χ2v) is 5.94. The summed E-state index contributed by atoms with van der Waals surface area (Å²) in [5.74, 6) is -1.41. The predicted octanol–water partition coefficient (Wildman–Crippen LogP) is 1.56. The maximum Gasteiger partial charge on any atom is 0.320 e. The molecule has 6 heteroatoms. The zero-order valence-corrected chi connectivity index (χ0v) is 13.1. The van der Waals surface area contributed by atoms with Gasteiger partial charge in [-0.05, 0) is 44.3 Å². The fraction of sp³-hybridized carbons (Fsp3) is 0.529. The molecule has 2 aliphatic rings. The lowest BCUT2D eigenvalue weighted by atomic mass is 10.2. The van der Waals surface area contributed by atoms with Crippen LogP contribution >= 0.6 is 0 Å². The number of hydrogen-bond acceptors (Lipinski definition) is 4. The molecule has 126 valence electrons. The minimum Gasteiger partial charge on any atom is -0.480 e. The molecule has 23 heavy (non-hydrogen) atoms. The third-order valence-electron chi connectivity index (χ3n) is 4.24. The second kappa shape index (κ2) is 8.64. The van der Waals surface area contributed by atoms with Crippen molar-refractivity contribution in [2.24, 2.45) is 0 Å². The van der Waals surface area contributed by atoms with Gasteiger partial charge in [0.2, 0.25) is 0 Å². The summed E-state index contributed by atoms with van der Waals surface area (Å²) >= 11 is 0. The van der Waals surface area contributed by atoms with Crippen molar-refractivity contribution >= 4 is 11.9 Å². The Kier molecular flexibility index (Phi) is 6.55. The predicted molar refractivity (Wildman–Crippen MR) is 86.2 cm³/mol. The number of nitrogens with zero attached hydrogens (tertiary/aromatic N) is 1. The van der Waals surface area contributed by atoms with Crippen LogP contribution in [0.2, 0.25) is 0 Å². The molecule has 3 N–H and O–H groups in total. The highest BCUT2D eigenvalue weighted by molar-refractivity contribution is 5.74. The highest BCUT2D eigenvalue weighted by Gasteiger charge is 2.30. The summed E-state index contributed by atoms with van der Waals surface area (Å²) in [6, 6.07) is 9.47. The van der Waals surface area contributed by atoms with Gasteiger partial charge in [-0.1, -0.05) is 30.3 Å². The Hall–Kier alpha value is -1.92. The van der Waals surface area contributed by atoms with Gasteiger partial charge < -0.3 is 15.5 Å². The molecule has 0 spiro atoms.